The zero-order valence-electron chi connectivity index (χ0n) is 17.3. The molecule has 2 unspecified atom stereocenters. The first kappa shape index (κ1) is 20.7. The van der Waals surface area contributed by atoms with Crippen LogP contribution in [0.15, 0.2) is 35.7 Å². The largest absolute Gasteiger partial charge is 0.359 e. The molecular weight excluding hydrogens is 434 g/mol. The molecule has 2 fully saturated rings. The summed E-state index contributed by atoms with van der Waals surface area (Å²) in [5.74, 6) is -0.121. The van der Waals surface area contributed by atoms with Crippen LogP contribution in [0.3, 0.4) is 0 Å². The number of carbonyl (C=O) groups excluding carboxylic acids is 1. The summed E-state index contributed by atoms with van der Waals surface area (Å²) in [7, 11) is 0. The van der Waals surface area contributed by atoms with Crippen molar-refractivity contribution in [1.29, 1.82) is 0 Å². The topological polar surface area (TPSA) is 65.4 Å². The fraction of sp³-hybridized carbons (Fsp3) is 0.391. The number of thiazole rings is 1. The van der Waals surface area contributed by atoms with Crippen LogP contribution in [0.25, 0.3) is 22.0 Å². The van der Waals surface area contributed by atoms with Crippen LogP contribution in [0.4, 0.5) is 0 Å². The van der Waals surface area contributed by atoms with Crippen LogP contribution >= 0.6 is 22.9 Å². The van der Waals surface area contributed by atoms with Gasteiger partial charge >= 0.3 is 0 Å². The lowest BCUT2D eigenvalue weighted by Crippen LogP contribution is -2.34. The Morgan fingerprint density at radius 3 is 2.77 bits per heavy atom. The smallest absolute Gasteiger partial charge is 0.255 e. The van der Waals surface area contributed by atoms with E-state index < -0.39 is 0 Å². The number of ether oxygens (including phenoxy) is 2. The molecule has 8 heteroatoms. The van der Waals surface area contributed by atoms with Gasteiger partial charge in [0.05, 0.1) is 22.0 Å². The summed E-state index contributed by atoms with van der Waals surface area (Å²) in [6, 6.07) is 9.62. The molecule has 0 bridgehead atoms. The van der Waals surface area contributed by atoms with E-state index in [1.54, 1.807) is 11.3 Å². The summed E-state index contributed by atoms with van der Waals surface area (Å²) in [5, 5.41) is 6.54. The molecular formula is C23H24ClN3O3S. The first-order valence-electron chi connectivity index (χ1n) is 10.6. The average Bonchev–Trinajstić information content (AvgIpc) is 3.55. The third-order valence-corrected chi connectivity index (χ3v) is 7.03. The first-order valence-corrected chi connectivity index (χ1v) is 11.8. The van der Waals surface area contributed by atoms with Gasteiger partial charge in [-0.3, -0.25) is 4.79 Å². The van der Waals surface area contributed by atoms with E-state index in [-0.39, 0.29) is 18.4 Å². The van der Waals surface area contributed by atoms with Crippen molar-refractivity contribution in [2.45, 2.75) is 45.1 Å². The number of amides is 1. The Bertz CT molecular complexity index is 1100. The van der Waals surface area contributed by atoms with Crippen molar-refractivity contribution in [3.63, 3.8) is 0 Å². The number of aromatic nitrogens is 2. The SMILES string of the molecule is Cc1c(C(=O)NC2CCCO2)cc(-c2csc(-c3ccccc3Cl)n2)n1C1CCCO1. The molecule has 4 heterocycles. The summed E-state index contributed by atoms with van der Waals surface area (Å²) < 4.78 is 13.7. The molecule has 2 saturated heterocycles. The third kappa shape index (κ3) is 4.03. The Balaban J connectivity index is 1.53. The Morgan fingerprint density at radius 2 is 2.03 bits per heavy atom. The van der Waals surface area contributed by atoms with E-state index in [0.717, 1.165) is 59.9 Å². The first-order chi connectivity index (χ1) is 15.1. The third-order valence-electron chi connectivity index (χ3n) is 5.82. The highest BCUT2D eigenvalue weighted by molar-refractivity contribution is 7.13. The fourth-order valence-corrected chi connectivity index (χ4v) is 5.38. The number of nitrogens with zero attached hydrogens (tertiary/aromatic N) is 2. The van der Waals surface area contributed by atoms with Gasteiger partial charge in [-0.15, -0.1) is 11.3 Å². The minimum absolute atomic E-state index is 0.0928. The predicted octanol–water partition coefficient (Wildman–Crippen LogP) is 5.42. The molecule has 31 heavy (non-hydrogen) atoms. The molecule has 0 aliphatic carbocycles. The van der Waals surface area contributed by atoms with Crippen molar-refractivity contribution >= 4 is 28.8 Å². The zero-order chi connectivity index (χ0) is 21.4. The predicted molar refractivity (Wildman–Crippen MR) is 121 cm³/mol. The number of rotatable bonds is 5. The zero-order valence-corrected chi connectivity index (χ0v) is 18.8. The van der Waals surface area contributed by atoms with Crippen molar-refractivity contribution in [2.24, 2.45) is 0 Å². The summed E-state index contributed by atoms with van der Waals surface area (Å²) in [4.78, 5) is 17.9. The maximum atomic E-state index is 13.0. The maximum Gasteiger partial charge on any atom is 0.255 e. The number of carbonyl (C=O) groups is 1. The molecule has 6 nitrogen and oxygen atoms in total. The molecule has 1 amide bonds. The molecule has 0 spiro atoms. The second-order valence-electron chi connectivity index (χ2n) is 7.86. The van der Waals surface area contributed by atoms with Gasteiger partial charge in [-0.25, -0.2) is 4.98 Å². The van der Waals surface area contributed by atoms with Crippen LogP contribution in [0.5, 0.6) is 0 Å². The van der Waals surface area contributed by atoms with Gasteiger partial charge in [-0.05, 0) is 44.7 Å². The molecule has 5 rings (SSSR count). The van der Waals surface area contributed by atoms with E-state index in [4.69, 9.17) is 26.1 Å². The van der Waals surface area contributed by atoms with E-state index in [0.29, 0.717) is 17.2 Å². The summed E-state index contributed by atoms with van der Waals surface area (Å²) >= 11 is 7.92. The van der Waals surface area contributed by atoms with Gasteiger partial charge in [-0.1, -0.05) is 29.8 Å². The quantitative estimate of drug-likeness (QED) is 0.555. The average molecular weight is 458 g/mol. The van der Waals surface area contributed by atoms with Crippen molar-refractivity contribution in [3.8, 4) is 22.0 Å². The van der Waals surface area contributed by atoms with Gasteiger partial charge in [0.2, 0.25) is 0 Å². The van der Waals surface area contributed by atoms with Gasteiger partial charge in [0.25, 0.3) is 5.91 Å². The second kappa shape index (κ2) is 8.74. The van der Waals surface area contributed by atoms with E-state index in [1.807, 2.05) is 42.6 Å². The minimum Gasteiger partial charge on any atom is -0.359 e. The molecule has 3 aromatic rings. The number of hydrogen-bond acceptors (Lipinski definition) is 5. The molecule has 162 valence electrons. The second-order valence-corrected chi connectivity index (χ2v) is 9.12. The molecule has 1 N–H and O–H groups in total. The number of benzene rings is 1. The van der Waals surface area contributed by atoms with Gasteiger partial charge in [0.15, 0.2) is 0 Å². The van der Waals surface area contributed by atoms with Crippen molar-refractivity contribution in [2.75, 3.05) is 13.2 Å². The lowest BCUT2D eigenvalue weighted by atomic mass is 10.2. The van der Waals surface area contributed by atoms with Gasteiger partial charge in [-0.2, -0.15) is 0 Å². The van der Waals surface area contributed by atoms with Crippen LogP contribution < -0.4 is 5.32 Å². The molecule has 2 aliphatic rings. The van der Waals surface area contributed by atoms with Gasteiger partial charge in [0, 0.05) is 29.9 Å². The molecule has 2 aromatic heterocycles. The Labute approximate surface area is 190 Å². The number of hydrogen-bond donors (Lipinski definition) is 1. The van der Waals surface area contributed by atoms with E-state index >= 15 is 0 Å². The van der Waals surface area contributed by atoms with E-state index in [2.05, 4.69) is 9.88 Å². The number of halogens is 1. The van der Waals surface area contributed by atoms with Gasteiger partial charge < -0.3 is 19.4 Å². The van der Waals surface area contributed by atoms with Crippen LogP contribution in [0.2, 0.25) is 5.02 Å². The van der Waals surface area contributed by atoms with Crippen LogP contribution in [-0.2, 0) is 9.47 Å². The van der Waals surface area contributed by atoms with Crippen molar-refractivity contribution < 1.29 is 14.3 Å². The van der Waals surface area contributed by atoms with E-state index in [9.17, 15) is 4.79 Å². The van der Waals surface area contributed by atoms with Gasteiger partial charge in [0.1, 0.15) is 17.5 Å². The maximum absolute atomic E-state index is 13.0. The minimum atomic E-state index is -0.215. The Kier molecular flexibility index (Phi) is 5.84. The molecule has 0 saturated carbocycles. The van der Waals surface area contributed by atoms with Crippen molar-refractivity contribution in [3.05, 3.63) is 52.0 Å². The highest BCUT2D eigenvalue weighted by Crippen LogP contribution is 2.37. The normalized spacial score (nSPS) is 21.0. The van der Waals surface area contributed by atoms with Crippen molar-refractivity contribution in [1.82, 2.24) is 14.9 Å². The highest BCUT2D eigenvalue weighted by Gasteiger charge is 2.28. The summed E-state index contributed by atoms with van der Waals surface area (Å²) in [6.45, 7) is 3.38. The molecule has 2 aliphatic heterocycles. The molecule has 1 aromatic carbocycles. The highest BCUT2D eigenvalue weighted by atomic mass is 35.5. The monoisotopic (exact) mass is 457 g/mol. The lowest BCUT2D eigenvalue weighted by Gasteiger charge is -2.18. The number of nitrogens with one attached hydrogen (secondary N) is 1. The Hall–Kier alpha value is -2.19. The van der Waals surface area contributed by atoms with Crippen LogP contribution in [-0.4, -0.2) is 34.9 Å². The molecule has 2 atom stereocenters. The summed E-state index contributed by atoms with van der Waals surface area (Å²) in [6.07, 6.45) is 3.42. The van der Waals surface area contributed by atoms with E-state index in [1.165, 1.54) is 0 Å². The molecule has 0 radical (unpaired) electrons. The van der Waals surface area contributed by atoms with Crippen LogP contribution in [0.1, 0.15) is 48.0 Å². The Morgan fingerprint density at radius 1 is 1.23 bits per heavy atom. The fourth-order valence-electron chi connectivity index (χ4n) is 4.25. The standard InChI is InChI=1S/C23H24ClN3O3S/c1-14-16(22(28)26-20-8-4-10-29-20)12-19(27(14)21-9-5-11-30-21)18-13-31-23(25-18)15-6-2-3-7-17(15)24/h2-3,6-7,12-13,20-21H,4-5,8-11H2,1H3,(H,26,28). The summed E-state index contributed by atoms with van der Waals surface area (Å²) in [5.41, 5.74) is 4.12. The van der Waals surface area contributed by atoms with Crippen LogP contribution in [0, 0.1) is 6.92 Å². The lowest BCUT2D eigenvalue weighted by molar-refractivity contribution is 0.0561.